The molecule has 1 aliphatic rings. The molecule has 7 nitrogen and oxygen atoms in total. The van der Waals surface area contributed by atoms with E-state index in [9.17, 15) is 0 Å². The van der Waals surface area contributed by atoms with Crippen LogP contribution in [0, 0.1) is 0 Å². The third-order valence-electron chi connectivity index (χ3n) is 3.24. The van der Waals surface area contributed by atoms with Crippen molar-refractivity contribution >= 4 is 17.3 Å². The summed E-state index contributed by atoms with van der Waals surface area (Å²) < 4.78 is 11.1. The van der Waals surface area contributed by atoms with Gasteiger partial charge < -0.3 is 20.2 Å². The lowest BCUT2D eigenvalue weighted by atomic mass is 10.2. The van der Waals surface area contributed by atoms with Crippen molar-refractivity contribution in [2.45, 2.75) is 13.3 Å². The molecule has 2 aromatic rings. The van der Waals surface area contributed by atoms with Crippen LogP contribution in [0.4, 0.5) is 17.3 Å². The van der Waals surface area contributed by atoms with E-state index in [-0.39, 0.29) is 0 Å². The summed E-state index contributed by atoms with van der Waals surface area (Å²) in [5, 5.41) is 3.27. The molecule has 0 saturated carbocycles. The minimum absolute atomic E-state index is 0.561. The molecule has 4 N–H and O–H groups in total. The Morgan fingerprint density at radius 3 is 2.67 bits per heavy atom. The SMILES string of the molecule is CCc1c(NN)ncnc1Nc1ccc2c(c1)OCCO2. The second-order valence-corrected chi connectivity index (χ2v) is 4.53. The van der Waals surface area contributed by atoms with E-state index in [0.717, 1.165) is 35.0 Å². The number of nitrogens with one attached hydrogen (secondary N) is 2. The number of rotatable bonds is 4. The monoisotopic (exact) mass is 287 g/mol. The first-order valence-electron chi connectivity index (χ1n) is 6.79. The Bertz CT molecular complexity index is 647. The van der Waals surface area contributed by atoms with Crippen molar-refractivity contribution in [3.05, 3.63) is 30.1 Å². The minimum atomic E-state index is 0.561. The number of benzene rings is 1. The van der Waals surface area contributed by atoms with Gasteiger partial charge in [-0.05, 0) is 18.6 Å². The van der Waals surface area contributed by atoms with Crippen molar-refractivity contribution in [3.63, 3.8) is 0 Å². The van der Waals surface area contributed by atoms with E-state index in [1.165, 1.54) is 6.33 Å². The first-order chi connectivity index (χ1) is 10.3. The van der Waals surface area contributed by atoms with Gasteiger partial charge in [0.05, 0.1) is 0 Å². The van der Waals surface area contributed by atoms with Crippen LogP contribution in [0.15, 0.2) is 24.5 Å². The molecule has 0 radical (unpaired) electrons. The van der Waals surface area contributed by atoms with Crippen molar-refractivity contribution in [2.24, 2.45) is 5.84 Å². The van der Waals surface area contributed by atoms with Gasteiger partial charge in [0.1, 0.15) is 31.2 Å². The van der Waals surface area contributed by atoms with E-state index in [0.29, 0.717) is 19.0 Å². The topological polar surface area (TPSA) is 94.3 Å². The fourth-order valence-electron chi connectivity index (χ4n) is 2.24. The predicted molar refractivity (Wildman–Crippen MR) is 79.9 cm³/mol. The molecule has 1 aliphatic heterocycles. The van der Waals surface area contributed by atoms with Crippen molar-refractivity contribution in [2.75, 3.05) is 24.0 Å². The van der Waals surface area contributed by atoms with Crippen LogP contribution in [0.2, 0.25) is 0 Å². The molecular formula is C14H17N5O2. The van der Waals surface area contributed by atoms with Gasteiger partial charge in [0.25, 0.3) is 0 Å². The van der Waals surface area contributed by atoms with E-state index < -0.39 is 0 Å². The average Bonchev–Trinajstić information content (AvgIpc) is 2.54. The average molecular weight is 287 g/mol. The van der Waals surface area contributed by atoms with Crippen molar-refractivity contribution < 1.29 is 9.47 Å². The number of fused-ring (bicyclic) bond motifs is 1. The molecular weight excluding hydrogens is 270 g/mol. The van der Waals surface area contributed by atoms with E-state index in [4.69, 9.17) is 15.3 Å². The summed E-state index contributed by atoms with van der Waals surface area (Å²) in [4.78, 5) is 8.38. The van der Waals surface area contributed by atoms with Crippen LogP contribution >= 0.6 is 0 Å². The van der Waals surface area contributed by atoms with Gasteiger partial charge in [-0.25, -0.2) is 15.8 Å². The molecule has 0 atom stereocenters. The van der Waals surface area contributed by atoms with Crippen LogP contribution in [0.25, 0.3) is 0 Å². The van der Waals surface area contributed by atoms with Crippen LogP contribution in [0.1, 0.15) is 12.5 Å². The Balaban J connectivity index is 1.90. The first-order valence-corrected chi connectivity index (χ1v) is 6.79. The van der Waals surface area contributed by atoms with Crippen molar-refractivity contribution in [1.82, 2.24) is 9.97 Å². The lowest BCUT2D eigenvalue weighted by Crippen LogP contribution is -2.15. The highest BCUT2D eigenvalue weighted by molar-refractivity contribution is 5.67. The summed E-state index contributed by atoms with van der Waals surface area (Å²) in [5.74, 6) is 8.30. The molecule has 21 heavy (non-hydrogen) atoms. The standard InChI is InChI=1S/C14H17N5O2/c1-2-10-13(16-8-17-14(10)19-15)18-9-3-4-11-12(7-9)21-6-5-20-11/h3-4,7-8H,2,5-6,15H2,1H3,(H2,16,17,18,19). The fraction of sp³-hybridized carbons (Fsp3) is 0.286. The first kappa shape index (κ1) is 13.4. The molecule has 0 bridgehead atoms. The van der Waals surface area contributed by atoms with Crippen molar-refractivity contribution in [3.8, 4) is 11.5 Å². The predicted octanol–water partition coefficient (Wildman–Crippen LogP) is 1.84. The summed E-state index contributed by atoms with van der Waals surface area (Å²) in [6.07, 6.45) is 2.22. The maximum absolute atomic E-state index is 5.57. The molecule has 1 aromatic carbocycles. The number of nitrogen functional groups attached to an aromatic ring is 1. The van der Waals surface area contributed by atoms with Gasteiger partial charge in [-0.15, -0.1) is 0 Å². The van der Waals surface area contributed by atoms with E-state index in [1.807, 2.05) is 25.1 Å². The molecule has 0 aliphatic carbocycles. The second kappa shape index (κ2) is 5.84. The summed E-state index contributed by atoms with van der Waals surface area (Å²) in [5.41, 5.74) is 4.38. The normalized spacial score (nSPS) is 12.9. The Kier molecular flexibility index (Phi) is 3.74. The number of aromatic nitrogens is 2. The smallest absolute Gasteiger partial charge is 0.163 e. The largest absolute Gasteiger partial charge is 0.486 e. The quantitative estimate of drug-likeness (QED) is 0.583. The maximum Gasteiger partial charge on any atom is 0.163 e. The molecule has 0 spiro atoms. The lowest BCUT2D eigenvalue weighted by Gasteiger charge is -2.19. The van der Waals surface area contributed by atoms with Gasteiger partial charge in [-0.1, -0.05) is 6.92 Å². The molecule has 0 saturated heterocycles. The third kappa shape index (κ3) is 2.68. The molecule has 0 amide bonds. The number of nitrogens with zero attached hydrogens (tertiary/aromatic N) is 2. The fourth-order valence-corrected chi connectivity index (χ4v) is 2.24. The highest BCUT2D eigenvalue weighted by Gasteiger charge is 2.13. The zero-order valence-corrected chi connectivity index (χ0v) is 11.7. The third-order valence-corrected chi connectivity index (χ3v) is 3.24. The number of hydrogen-bond acceptors (Lipinski definition) is 7. The van der Waals surface area contributed by atoms with Gasteiger partial charge in [0.2, 0.25) is 0 Å². The summed E-state index contributed by atoms with van der Waals surface area (Å²) >= 11 is 0. The zero-order valence-electron chi connectivity index (χ0n) is 11.7. The van der Waals surface area contributed by atoms with Crippen LogP contribution in [0.3, 0.4) is 0 Å². The van der Waals surface area contributed by atoms with Gasteiger partial charge in [-0.3, -0.25) is 0 Å². The highest BCUT2D eigenvalue weighted by Crippen LogP contribution is 2.34. The highest BCUT2D eigenvalue weighted by atomic mass is 16.6. The van der Waals surface area contributed by atoms with Crippen molar-refractivity contribution in [1.29, 1.82) is 0 Å². The Morgan fingerprint density at radius 1 is 1.14 bits per heavy atom. The van der Waals surface area contributed by atoms with Gasteiger partial charge in [-0.2, -0.15) is 0 Å². The van der Waals surface area contributed by atoms with E-state index in [2.05, 4.69) is 20.7 Å². The molecule has 0 unspecified atom stereocenters. The van der Waals surface area contributed by atoms with Crippen LogP contribution < -0.4 is 26.1 Å². The molecule has 0 fully saturated rings. The molecule has 110 valence electrons. The molecule has 2 heterocycles. The summed E-state index contributed by atoms with van der Waals surface area (Å²) in [6.45, 7) is 3.16. The molecule has 3 rings (SSSR count). The molecule has 7 heteroatoms. The Hall–Kier alpha value is -2.54. The summed E-state index contributed by atoms with van der Waals surface area (Å²) in [7, 11) is 0. The second-order valence-electron chi connectivity index (χ2n) is 4.53. The zero-order chi connectivity index (χ0) is 14.7. The maximum atomic E-state index is 5.57. The van der Waals surface area contributed by atoms with E-state index in [1.54, 1.807) is 0 Å². The van der Waals surface area contributed by atoms with Crippen LogP contribution in [0.5, 0.6) is 11.5 Å². The number of hydrogen-bond donors (Lipinski definition) is 3. The van der Waals surface area contributed by atoms with Crippen LogP contribution in [-0.2, 0) is 6.42 Å². The minimum Gasteiger partial charge on any atom is -0.486 e. The number of hydrazine groups is 1. The van der Waals surface area contributed by atoms with Gasteiger partial charge in [0.15, 0.2) is 11.5 Å². The lowest BCUT2D eigenvalue weighted by molar-refractivity contribution is 0.171. The molecule has 1 aromatic heterocycles. The van der Waals surface area contributed by atoms with Crippen LogP contribution in [-0.4, -0.2) is 23.2 Å². The Morgan fingerprint density at radius 2 is 1.90 bits per heavy atom. The number of anilines is 3. The number of ether oxygens (including phenoxy) is 2. The van der Waals surface area contributed by atoms with Gasteiger partial charge >= 0.3 is 0 Å². The number of nitrogens with two attached hydrogens (primary N) is 1. The van der Waals surface area contributed by atoms with E-state index >= 15 is 0 Å². The van der Waals surface area contributed by atoms with Gasteiger partial charge in [0, 0.05) is 17.3 Å². The Labute approximate surface area is 122 Å². The summed E-state index contributed by atoms with van der Waals surface area (Å²) in [6, 6.07) is 5.70.